The van der Waals surface area contributed by atoms with Gasteiger partial charge in [-0.3, -0.25) is 14.4 Å². The third-order valence-corrected chi connectivity index (χ3v) is 5.04. The van der Waals surface area contributed by atoms with Crippen molar-refractivity contribution in [1.82, 2.24) is 14.7 Å². The number of rotatable bonds is 6. The molecule has 0 saturated carbocycles. The fraction of sp³-hybridized carbons (Fsp3) is 0.750. The number of ketones is 1. The fourth-order valence-electron chi connectivity index (χ4n) is 3.01. The van der Waals surface area contributed by atoms with Gasteiger partial charge in [0.15, 0.2) is 5.78 Å². The average molecular weight is 312 g/mol. The summed E-state index contributed by atoms with van der Waals surface area (Å²) in [5.41, 5.74) is 1.34. The molecule has 1 aliphatic rings. The molecule has 0 aliphatic carbocycles. The SMILES string of the molecule is CCc1nn(CC)c(CC(=O)C(C)(C)N2CCCC2)c1Cl. The summed E-state index contributed by atoms with van der Waals surface area (Å²) < 4.78 is 1.87. The summed E-state index contributed by atoms with van der Waals surface area (Å²) in [4.78, 5) is 15.1. The number of Topliss-reactive ketones (excluding diaryl/α,β-unsaturated/α-hetero) is 1. The Bertz CT molecular complexity index is 516. The van der Waals surface area contributed by atoms with Crippen molar-refractivity contribution in [3.8, 4) is 0 Å². The molecule has 1 aromatic heterocycles. The maximum absolute atomic E-state index is 12.8. The lowest BCUT2D eigenvalue weighted by Gasteiger charge is -2.34. The molecule has 21 heavy (non-hydrogen) atoms. The Balaban J connectivity index is 2.21. The van der Waals surface area contributed by atoms with Crippen LogP contribution in [0.3, 0.4) is 0 Å². The van der Waals surface area contributed by atoms with Crippen LogP contribution in [0.2, 0.25) is 5.02 Å². The Morgan fingerprint density at radius 1 is 1.29 bits per heavy atom. The Morgan fingerprint density at radius 2 is 1.90 bits per heavy atom. The molecule has 0 spiro atoms. The summed E-state index contributed by atoms with van der Waals surface area (Å²) in [6.45, 7) is 10.9. The van der Waals surface area contributed by atoms with Gasteiger partial charge in [-0.05, 0) is 53.1 Å². The predicted octanol–water partition coefficient (Wildman–Crippen LogP) is 3.10. The van der Waals surface area contributed by atoms with Crippen LogP contribution in [-0.4, -0.2) is 39.1 Å². The van der Waals surface area contributed by atoms with Crippen LogP contribution in [0, 0.1) is 0 Å². The first-order chi connectivity index (χ1) is 9.91. The number of hydrogen-bond donors (Lipinski definition) is 0. The lowest BCUT2D eigenvalue weighted by atomic mass is 9.93. The first-order valence-electron chi connectivity index (χ1n) is 7.94. The molecule has 4 nitrogen and oxygen atoms in total. The van der Waals surface area contributed by atoms with Crippen LogP contribution in [0.5, 0.6) is 0 Å². The summed E-state index contributed by atoms with van der Waals surface area (Å²) in [5.74, 6) is 0.226. The van der Waals surface area contributed by atoms with E-state index in [0.29, 0.717) is 11.4 Å². The molecule has 1 saturated heterocycles. The minimum atomic E-state index is -0.422. The first-order valence-corrected chi connectivity index (χ1v) is 8.32. The predicted molar refractivity (Wildman–Crippen MR) is 85.9 cm³/mol. The Kier molecular flexibility index (Phi) is 5.10. The third-order valence-electron chi connectivity index (χ3n) is 4.60. The van der Waals surface area contributed by atoms with Gasteiger partial charge in [-0.15, -0.1) is 0 Å². The van der Waals surface area contributed by atoms with Crippen molar-refractivity contribution in [2.45, 2.75) is 65.5 Å². The zero-order valence-electron chi connectivity index (χ0n) is 13.6. The highest BCUT2D eigenvalue weighted by Gasteiger charge is 2.36. The van der Waals surface area contributed by atoms with Crippen LogP contribution in [0.15, 0.2) is 0 Å². The zero-order chi connectivity index (χ0) is 15.6. The molecule has 1 aliphatic heterocycles. The standard InChI is InChI=1S/C16H26ClN3O/c1-5-12-15(17)13(20(6-2)18-12)11-14(21)16(3,4)19-9-7-8-10-19/h5-11H2,1-4H3. The van der Waals surface area contributed by atoms with Crippen LogP contribution < -0.4 is 0 Å². The lowest BCUT2D eigenvalue weighted by Crippen LogP contribution is -2.49. The van der Waals surface area contributed by atoms with E-state index < -0.39 is 5.54 Å². The lowest BCUT2D eigenvalue weighted by molar-refractivity contribution is -0.128. The van der Waals surface area contributed by atoms with Crippen LogP contribution in [0.1, 0.15) is 51.9 Å². The number of nitrogens with zero attached hydrogens (tertiary/aromatic N) is 3. The molecular weight excluding hydrogens is 286 g/mol. The minimum absolute atomic E-state index is 0.226. The Labute approximate surface area is 132 Å². The number of aryl methyl sites for hydroxylation is 2. The first kappa shape index (κ1) is 16.5. The van der Waals surface area contributed by atoms with Gasteiger partial charge in [0.1, 0.15) is 0 Å². The van der Waals surface area contributed by atoms with Crippen LogP contribution in [0.25, 0.3) is 0 Å². The van der Waals surface area contributed by atoms with Gasteiger partial charge in [0.25, 0.3) is 0 Å². The van der Waals surface area contributed by atoms with Crippen molar-refractivity contribution in [1.29, 1.82) is 0 Å². The molecule has 118 valence electrons. The Hall–Kier alpha value is -0.870. The number of aromatic nitrogens is 2. The summed E-state index contributed by atoms with van der Waals surface area (Å²) in [6, 6.07) is 0. The van der Waals surface area contributed by atoms with Crippen molar-refractivity contribution in [2.75, 3.05) is 13.1 Å². The van der Waals surface area contributed by atoms with Crippen molar-refractivity contribution < 1.29 is 4.79 Å². The molecule has 0 unspecified atom stereocenters. The second kappa shape index (κ2) is 6.49. The topological polar surface area (TPSA) is 38.1 Å². The summed E-state index contributed by atoms with van der Waals surface area (Å²) in [6.07, 6.45) is 3.53. The van der Waals surface area contributed by atoms with Gasteiger partial charge in [-0.2, -0.15) is 5.10 Å². The number of carbonyl (C=O) groups is 1. The molecule has 0 bridgehead atoms. The van der Waals surface area contributed by atoms with E-state index in [2.05, 4.69) is 10.00 Å². The molecule has 0 radical (unpaired) electrons. The summed E-state index contributed by atoms with van der Waals surface area (Å²) >= 11 is 6.41. The van der Waals surface area contributed by atoms with E-state index in [0.717, 1.165) is 37.4 Å². The van der Waals surface area contributed by atoms with E-state index in [-0.39, 0.29) is 5.78 Å². The van der Waals surface area contributed by atoms with Gasteiger partial charge in [-0.1, -0.05) is 18.5 Å². The van der Waals surface area contributed by atoms with Gasteiger partial charge < -0.3 is 0 Å². The Morgan fingerprint density at radius 3 is 2.43 bits per heavy atom. The number of likely N-dealkylation sites (tertiary alicyclic amines) is 1. The quantitative estimate of drug-likeness (QED) is 0.810. The van der Waals surface area contributed by atoms with E-state index in [1.54, 1.807) is 0 Å². The van der Waals surface area contributed by atoms with E-state index in [1.807, 2.05) is 32.4 Å². The maximum atomic E-state index is 12.8. The van der Waals surface area contributed by atoms with Gasteiger partial charge in [0, 0.05) is 6.54 Å². The smallest absolute Gasteiger partial charge is 0.158 e. The monoisotopic (exact) mass is 311 g/mol. The minimum Gasteiger partial charge on any atom is -0.297 e. The summed E-state index contributed by atoms with van der Waals surface area (Å²) in [5, 5.41) is 5.17. The molecule has 2 heterocycles. The second-order valence-corrected chi connectivity index (χ2v) is 6.61. The van der Waals surface area contributed by atoms with E-state index in [1.165, 1.54) is 12.8 Å². The van der Waals surface area contributed by atoms with Crippen molar-refractivity contribution in [2.24, 2.45) is 0 Å². The molecule has 0 N–H and O–H groups in total. The maximum Gasteiger partial charge on any atom is 0.158 e. The van der Waals surface area contributed by atoms with Crippen molar-refractivity contribution >= 4 is 17.4 Å². The van der Waals surface area contributed by atoms with Gasteiger partial charge >= 0.3 is 0 Å². The van der Waals surface area contributed by atoms with E-state index in [9.17, 15) is 4.79 Å². The molecule has 0 aromatic carbocycles. The van der Waals surface area contributed by atoms with Gasteiger partial charge in [-0.25, -0.2) is 0 Å². The zero-order valence-corrected chi connectivity index (χ0v) is 14.3. The molecule has 1 fully saturated rings. The van der Waals surface area contributed by atoms with E-state index >= 15 is 0 Å². The largest absolute Gasteiger partial charge is 0.297 e. The molecule has 5 heteroatoms. The number of halogens is 1. The number of carbonyl (C=O) groups excluding carboxylic acids is 1. The van der Waals surface area contributed by atoms with Gasteiger partial charge in [0.2, 0.25) is 0 Å². The highest BCUT2D eigenvalue weighted by atomic mass is 35.5. The third kappa shape index (κ3) is 3.16. The molecule has 0 amide bonds. The molecule has 1 aromatic rings. The van der Waals surface area contributed by atoms with Crippen molar-refractivity contribution in [3.63, 3.8) is 0 Å². The highest BCUT2D eigenvalue weighted by Crippen LogP contribution is 2.27. The fourth-order valence-corrected chi connectivity index (χ4v) is 3.34. The van der Waals surface area contributed by atoms with Crippen LogP contribution in [0.4, 0.5) is 0 Å². The van der Waals surface area contributed by atoms with E-state index in [4.69, 9.17) is 11.6 Å². The molecular formula is C16H26ClN3O. The van der Waals surface area contributed by atoms with Crippen LogP contribution >= 0.6 is 11.6 Å². The van der Waals surface area contributed by atoms with Crippen molar-refractivity contribution in [3.05, 3.63) is 16.4 Å². The molecule has 0 atom stereocenters. The van der Waals surface area contributed by atoms with Crippen LogP contribution in [-0.2, 0) is 24.2 Å². The normalized spacial score (nSPS) is 16.6. The summed E-state index contributed by atoms with van der Waals surface area (Å²) in [7, 11) is 0. The highest BCUT2D eigenvalue weighted by molar-refractivity contribution is 6.32. The second-order valence-electron chi connectivity index (χ2n) is 6.23. The average Bonchev–Trinajstić information content (AvgIpc) is 3.08. The molecule has 2 rings (SSSR count). The number of hydrogen-bond acceptors (Lipinski definition) is 3. The van der Waals surface area contributed by atoms with Gasteiger partial charge in [0.05, 0.1) is 28.4 Å².